The molecule has 0 bridgehead atoms. The van der Waals surface area contributed by atoms with Crippen LogP contribution in [0.1, 0.15) is 25.0 Å². The molecule has 7 rings (SSSR count). The van der Waals surface area contributed by atoms with Gasteiger partial charge < -0.3 is 4.57 Å². The van der Waals surface area contributed by atoms with Crippen LogP contribution in [0, 0.1) is 0 Å². The zero-order valence-electron chi connectivity index (χ0n) is 19.4. The van der Waals surface area contributed by atoms with Crippen LogP contribution in [-0.2, 0) is 5.41 Å². The van der Waals surface area contributed by atoms with Crippen molar-refractivity contribution in [1.82, 2.24) is 4.57 Å². The molecule has 1 heteroatoms. The number of para-hydroxylation sites is 2. The smallest absolute Gasteiger partial charge is 0.0582 e. The first kappa shape index (κ1) is 19.4. The molecule has 1 aromatic heterocycles. The summed E-state index contributed by atoms with van der Waals surface area (Å²) >= 11 is 0. The predicted molar refractivity (Wildman–Crippen MR) is 144 cm³/mol. The van der Waals surface area contributed by atoms with Gasteiger partial charge in [-0.15, -0.1) is 0 Å². The average molecular weight is 436 g/mol. The van der Waals surface area contributed by atoms with Gasteiger partial charge in [0.05, 0.1) is 16.7 Å². The number of nitrogens with zero attached hydrogens (tertiary/aromatic N) is 1. The van der Waals surface area contributed by atoms with Crippen LogP contribution in [0.25, 0.3) is 49.7 Å². The van der Waals surface area contributed by atoms with Gasteiger partial charge in [0.1, 0.15) is 0 Å². The van der Waals surface area contributed by atoms with Crippen LogP contribution >= 0.6 is 0 Å². The fraction of sp³-hybridized carbons (Fsp3) is 0.0909. The Bertz CT molecular complexity index is 1720. The lowest BCUT2D eigenvalue weighted by Crippen LogP contribution is -2.26. The van der Waals surface area contributed by atoms with E-state index in [4.69, 9.17) is 0 Å². The number of benzene rings is 5. The Morgan fingerprint density at radius 2 is 1.15 bits per heavy atom. The third kappa shape index (κ3) is 2.61. The molecule has 5 aromatic carbocycles. The highest BCUT2D eigenvalue weighted by molar-refractivity contribution is 6.12. The first-order valence-corrected chi connectivity index (χ1v) is 12.0. The van der Waals surface area contributed by atoms with Gasteiger partial charge in [-0.2, -0.15) is 0 Å². The Hall–Kier alpha value is -4.10. The summed E-state index contributed by atoms with van der Waals surface area (Å²) in [7, 11) is 0. The zero-order chi connectivity index (χ0) is 22.9. The van der Waals surface area contributed by atoms with Gasteiger partial charge in [0.15, 0.2) is 0 Å². The predicted octanol–water partition coefficient (Wildman–Crippen LogP) is 8.76. The van der Waals surface area contributed by atoms with Crippen molar-refractivity contribution in [2.45, 2.75) is 19.3 Å². The minimum absolute atomic E-state index is 0.0344. The Labute approximate surface area is 199 Å². The number of hydrogen-bond donors (Lipinski definition) is 0. The van der Waals surface area contributed by atoms with Gasteiger partial charge in [-0.25, -0.2) is 0 Å². The quantitative estimate of drug-likeness (QED) is 0.256. The van der Waals surface area contributed by atoms with Crippen LogP contribution in [0.15, 0.2) is 115 Å². The van der Waals surface area contributed by atoms with Crippen LogP contribution in [0.4, 0.5) is 0 Å². The molecule has 1 nitrogen and oxygen atoms in total. The molecule has 6 aromatic rings. The van der Waals surface area contributed by atoms with E-state index in [9.17, 15) is 0 Å². The first-order valence-electron chi connectivity index (χ1n) is 12.0. The van der Waals surface area contributed by atoms with Gasteiger partial charge in [0, 0.05) is 16.2 Å². The second kappa shape index (κ2) is 6.95. The fourth-order valence-electron chi connectivity index (χ4n) is 5.85. The van der Waals surface area contributed by atoms with E-state index in [-0.39, 0.29) is 5.41 Å². The first-order chi connectivity index (χ1) is 16.6. The topological polar surface area (TPSA) is 4.93 Å². The van der Waals surface area contributed by atoms with E-state index < -0.39 is 0 Å². The van der Waals surface area contributed by atoms with Crippen molar-refractivity contribution < 1.29 is 0 Å². The molecule has 0 amide bonds. The molecule has 34 heavy (non-hydrogen) atoms. The Morgan fingerprint density at radius 1 is 0.500 bits per heavy atom. The Kier molecular flexibility index (Phi) is 3.96. The zero-order valence-corrected chi connectivity index (χ0v) is 19.4. The lowest BCUT2D eigenvalue weighted by molar-refractivity contribution is 0.630. The van der Waals surface area contributed by atoms with E-state index in [1.54, 1.807) is 0 Å². The van der Waals surface area contributed by atoms with Gasteiger partial charge in [-0.05, 0) is 57.6 Å². The molecule has 1 aliphatic heterocycles. The Balaban J connectivity index is 1.49. The number of hydrogen-bond acceptors (Lipinski definition) is 0. The second-order valence-corrected chi connectivity index (χ2v) is 9.86. The van der Waals surface area contributed by atoms with E-state index in [0.717, 1.165) is 0 Å². The number of rotatable bonds is 2. The van der Waals surface area contributed by atoms with E-state index >= 15 is 0 Å². The minimum atomic E-state index is -0.0344. The van der Waals surface area contributed by atoms with Gasteiger partial charge >= 0.3 is 0 Å². The molecule has 2 heterocycles. The average Bonchev–Trinajstić information content (AvgIpc) is 3.22. The Morgan fingerprint density at radius 3 is 2.00 bits per heavy atom. The summed E-state index contributed by atoms with van der Waals surface area (Å²) in [6.07, 6.45) is 0. The van der Waals surface area contributed by atoms with Crippen LogP contribution in [0.5, 0.6) is 0 Å². The standard InChI is InChI=1S/C33H25N/c1-33(2)28-15-6-7-17-31(28)34-30-19-18-25(21-27(30)26-14-9-16-29(33)32(26)34)24-13-8-12-23(20-24)22-10-4-3-5-11-22/h3-21H,1-2H3. The molecule has 0 N–H and O–H groups in total. The third-order valence-corrected chi connectivity index (χ3v) is 7.58. The molecule has 0 atom stereocenters. The number of fused-ring (bicyclic) bond motifs is 5. The van der Waals surface area contributed by atoms with Crippen LogP contribution in [-0.4, -0.2) is 4.57 Å². The van der Waals surface area contributed by atoms with Gasteiger partial charge in [0.25, 0.3) is 0 Å². The maximum absolute atomic E-state index is 2.48. The van der Waals surface area contributed by atoms with Crippen molar-refractivity contribution in [3.05, 3.63) is 126 Å². The van der Waals surface area contributed by atoms with Crippen molar-refractivity contribution in [2.24, 2.45) is 0 Å². The lowest BCUT2D eigenvalue weighted by atomic mass is 9.75. The summed E-state index contributed by atoms with van der Waals surface area (Å²) < 4.78 is 2.48. The highest BCUT2D eigenvalue weighted by Crippen LogP contribution is 2.47. The highest BCUT2D eigenvalue weighted by Gasteiger charge is 2.34. The van der Waals surface area contributed by atoms with E-state index in [2.05, 4.69) is 134 Å². The fourth-order valence-corrected chi connectivity index (χ4v) is 5.85. The van der Waals surface area contributed by atoms with Crippen molar-refractivity contribution in [1.29, 1.82) is 0 Å². The monoisotopic (exact) mass is 435 g/mol. The molecule has 0 spiro atoms. The number of aromatic nitrogens is 1. The van der Waals surface area contributed by atoms with Crippen molar-refractivity contribution in [2.75, 3.05) is 0 Å². The summed E-state index contributed by atoms with van der Waals surface area (Å²) in [5, 5.41) is 2.64. The molecule has 0 unspecified atom stereocenters. The molecule has 0 radical (unpaired) electrons. The van der Waals surface area contributed by atoms with E-state index in [1.165, 1.54) is 60.9 Å². The molecule has 0 fully saturated rings. The molecule has 162 valence electrons. The summed E-state index contributed by atoms with van der Waals surface area (Å²) in [6.45, 7) is 4.70. The van der Waals surface area contributed by atoms with Crippen molar-refractivity contribution >= 4 is 21.8 Å². The SMILES string of the molecule is CC1(C)c2ccccc2-n2c3ccc(-c4cccc(-c5ccccc5)c4)cc3c3cccc1c32. The maximum Gasteiger partial charge on any atom is 0.0582 e. The van der Waals surface area contributed by atoms with Gasteiger partial charge in [0.2, 0.25) is 0 Å². The molecule has 0 saturated heterocycles. The molecule has 0 saturated carbocycles. The normalized spacial score (nSPS) is 13.8. The van der Waals surface area contributed by atoms with Gasteiger partial charge in [-0.1, -0.05) is 105 Å². The third-order valence-electron chi connectivity index (χ3n) is 7.58. The van der Waals surface area contributed by atoms with E-state index in [0.29, 0.717) is 0 Å². The summed E-state index contributed by atoms with van der Waals surface area (Å²) in [5.74, 6) is 0. The van der Waals surface area contributed by atoms with Crippen LogP contribution < -0.4 is 0 Å². The summed E-state index contributed by atoms with van der Waals surface area (Å²) in [4.78, 5) is 0. The molecular formula is C33H25N. The summed E-state index contributed by atoms with van der Waals surface area (Å²) in [5.41, 5.74) is 11.6. The van der Waals surface area contributed by atoms with Crippen LogP contribution in [0.2, 0.25) is 0 Å². The maximum atomic E-state index is 2.48. The molecule has 1 aliphatic rings. The van der Waals surface area contributed by atoms with Gasteiger partial charge in [-0.3, -0.25) is 0 Å². The largest absolute Gasteiger partial charge is 0.309 e. The molecular weight excluding hydrogens is 410 g/mol. The minimum Gasteiger partial charge on any atom is -0.309 e. The van der Waals surface area contributed by atoms with Crippen LogP contribution in [0.3, 0.4) is 0 Å². The van der Waals surface area contributed by atoms with Crippen molar-refractivity contribution in [3.8, 4) is 27.9 Å². The van der Waals surface area contributed by atoms with E-state index in [1.807, 2.05) is 0 Å². The van der Waals surface area contributed by atoms with Crippen molar-refractivity contribution in [3.63, 3.8) is 0 Å². The second-order valence-electron chi connectivity index (χ2n) is 9.86. The lowest BCUT2D eigenvalue weighted by Gasteiger charge is -2.34. The highest BCUT2D eigenvalue weighted by atomic mass is 15.0. The summed E-state index contributed by atoms with van der Waals surface area (Å²) in [6, 6.07) is 42.1. The molecule has 0 aliphatic carbocycles.